The van der Waals surface area contributed by atoms with Crippen LogP contribution in [0.5, 0.6) is 0 Å². The van der Waals surface area contributed by atoms with Gasteiger partial charge in [-0.25, -0.2) is 0 Å². The molecule has 0 radical (unpaired) electrons. The van der Waals surface area contributed by atoms with Crippen molar-refractivity contribution in [3.63, 3.8) is 0 Å². The molecule has 0 heterocycles. The van der Waals surface area contributed by atoms with Crippen molar-refractivity contribution in [2.75, 3.05) is 6.61 Å². The second kappa shape index (κ2) is 6.01. The zero-order valence-electron chi connectivity index (χ0n) is 10.9. The first kappa shape index (κ1) is 13.1. The van der Waals surface area contributed by atoms with Crippen LogP contribution in [0.15, 0.2) is 18.2 Å². The van der Waals surface area contributed by atoms with Gasteiger partial charge in [-0.1, -0.05) is 18.2 Å². The van der Waals surface area contributed by atoms with Gasteiger partial charge in [0.15, 0.2) is 0 Å². The van der Waals surface area contributed by atoms with Gasteiger partial charge in [-0.3, -0.25) is 4.79 Å². The number of nitrogens with two attached hydrogens (primary N) is 1. The molecule has 0 saturated heterocycles. The van der Waals surface area contributed by atoms with Crippen molar-refractivity contribution in [3.8, 4) is 0 Å². The topological polar surface area (TPSA) is 52.3 Å². The second-order valence-corrected chi connectivity index (χ2v) is 4.91. The van der Waals surface area contributed by atoms with Gasteiger partial charge in [0.05, 0.1) is 6.61 Å². The number of rotatable bonds is 4. The summed E-state index contributed by atoms with van der Waals surface area (Å²) in [5.74, 6) is -0.119. The van der Waals surface area contributed by atoms with E-state index >= 15 is 0 Å². The van der Waals surface area contributed by atoms with Crippen LogP contribution in [0, 0.1) is 0 Å². The summed E-state index contributed by atoms with van der Waals surface area (Å²) in [4.78, 5) is 11.3. The summed E-state index contributed by atoms with van der Waals surface area (Å²) in [6, 6.07) is 6.79. The molecule has 0 amide bonds. The molecule has 1 aliphatic rings. The average Bonchev–Trinajstić information content (AvgIpc) is 2.36. The molecule has 3 heteroatoms. The number of esters is 1. The lowest BCUT2D eigenvalue weighted by Crippen LogP contribution is -2.27. The summed E-state index contributed by atoms with van der Waals surface area (Å²) >= 11 is 0. The fourth-order valence-corrected chi connectivity index (χ4v) is 2.47. The van der Waals surface area contributed by atoms with Crippen LogP contribution in [-0.4, -0.2) is 18.6 Å². The Labute approximate surface area is 108 Å². The van der Waals surface area contributed by atoms with Crippen molar-refractivity contribution in [1.29, 1.82) is 0 Å². The van der Waals surface area contributed by atoms with Crippen molar-refractivity contribution in [3.05, 3.63) is 34.9 Å². The summed E-state index contributed by atoms with van der Waals surface area (Å²) in [5, 5.41) is 0. The number of carbonyl (C=O) groups is 1. The largest absolute Gasteiger partial charge is 0.466 e. The third-order valence-electron chi connectivity index (χ3n) is 3.46. The van der Waals surface area contributed by atoms with Crippen LogP contribution in [0.2, 0.25) is 0 Å². The highest BCUT2D eigenvalue weighted by Crippen LogP contribution is 2.22. The Balaban J connectivity index is 1.98. The Morgan fingerprint density at radius 2 is 2.28 bits per heavy atom. The maximum Gasteiger partial charge on any atom is 0.306 e. The van der Waals surface area contributed by atoms with Crippen LogP contribution in [0.25, 0.3) is 0 Å². The van der Waals surface area contributed by atoms with Crippen LogP contribution in [0.4, 0.5) is 0 Å². The minimum Gasteiger partial charge on any atom is -0.466 e. The van der Waals surface area contributed by atoms with Gasteiger partial charge in [-0.2, -0.15) is 0 Å². The maximum absolute atomic E-state index is 11.3. The summed E-state index contributed by atoms with van der Waals surface area (Å²) < 4.78 is 4.93. The van der Waals surface area contributed by atoms with Crippen LogP contribution in [-0.2, 0) is 28.8 Å². The van der Waals surface area contributed by atoms with E-state index in [1.165, 1.54) is 16.7 Å². The van der Waals surface area contributed by atoms with E-state index in [-0.39, 0.29) is 12.0 Å². The van der Waals surface area contributed by atoms with Gasteiger partial charge >= 0.3 is 5.97 Å². The first-order chi connectivity index (χ1) is 8.69. The zero-order valence-corrected chi connectivity index (χ0v) is 10.9. The van der Waals surface area contributed by atoms with E-state index in [9.17, 15) is 4.79 Å². The lowest BCUT2D eigenvalue weighted by atomic mass is 9.87. The molecule has 2 N–H and O–H groups in total. The van der Waals surface area contributed by atoms with Crippen molar-refractivity contribution in [1.82, 2.24) is 0 Å². The van der Waals surface area contributed by atoms with Gasteiger partial charge < -0.3 is 10.5 Å². The van der Waals surface area contributed by atoms with E-state index in [4.69, 9.17) is 10.5 Å². The third-order valence-corrected chi connectivity index (χ3v) is 3.46. The van der Waals surface area contributed by atoms with E-state index in [0.29, 0.717) is 13.0 Å². The second-order valence-electron chi connectivity index (χ2n) is 4.91. The molecule has 1 aliphatic carbocycles. The zero-order chi connectivity index (χ0) is 13.0. The molecular formula is C15H21NO2. The van der Waals surface area contributed by atoms with Gasteiger partial charge in [0.25, 0.3) is 0 Å². The average molecular weight is 247 g/mol. The number of benzene rings is 1. The molecule has 18 heavy (non-hydrogen) atoms. The van der Waals surface area contributed by atoms with Gasteiger partial charge in [-0.15, -0.1) is 0 Å². The summed E-state index contributed by atoms with van der Waals surface area (Å²) in [6.45, 7) is 2.29. The molecule has 2 rings (SSSR count). The van der Waals surface area contributed by atoms with Crippen molar-refractivity contribution >= 4 is 5.97 Å². The number of aryl methyl sites for hydroxylation is 2. The van der Waals surface area contributed by atoms with Crippen molar-refractivity contribution in [2.24, 2.45) is 5.73 Å². The predicted octanol–water partition coefficient (Wildman–Crippen LogP) is 2.00. The number of carbonyl (C=O) groups excluding carboxylic acids is 1. The number of fused-ring (bicyclic) bond motifs is 1. The van der Waals surface area contributed by atoms with E-state index in [2.05, 4.69) is 18.2 Å². The number of hydrogen-bond acceptors (Lipinski definition) is 3. The Morgan fingerprint density at radius 3 is 3.06 bits per heavy atom. The minimum atomic E-state index is -0.119. The fraction of sp³-hybridized carbons (Fsp3) is 0.533. The lowest BCUT2D eigenvalue weighted by molar-refractivity contribution is -0.143. The third kappa shape index (κ3) is 3.33. The van der Waals surface area contributed by atoms with E-state index in [0.717, 1.165) is 25.7 Å². The molecule has 0 spiro atoms. The summed E-state index contributed by atoms with van der Waals surface area (Å²) in [7, 11) is 0. The van der Waals surface area contributed by atoms with Crippen molar-refractivity contribution in [2.45, 2.75) is 45.1 Å². The monoisotopic (exact) mass is 247 g/mol. The maximum atomic E-state index is 11.3. The summed E-state index contributed by atoms with van der Waals surface area (Å²) in [5.41, 5.74) is 9.96. The molecule has 0 bridgehead atoms. The minimum absolute atomic E-state index is 0.119. The molecular weight excluding hydrogens is 226 g/mol. The SMILES string of the molecule is CCOC(=O)CCc1ccc2c(c1)CC(N)CC2. The first-order valence-electron chi connectivity index (χ1n) is 6.71. The quantitative estimate of drug-likeness (QED) is 0.828. The molecule has 1 unspecified atom stereocenters. The van der Waals surface area contributed by atoms with Crippen LogP contribution in [0.3, 0.4) is 0 Å². The molecule has 1 aromatic carbocycles. The van der Waals surface area contributed by atoms with E-state index < -0.39 is 0 Å². The molecule has 98 valence electrons. The van der Waals surface area contributed by atoms with E-state index in [1.54, 1.807) is 0 Å². The molecule has 0 aromatic heterocycles. The number of hydrogen-bond donors (Lipinski definition) is 1. The molecule has 0 fully saturated rings. The van der Waals surface area contributed by atoms with E-state index in [1.807, 2.05) is 6.92 Å². The van der Waals surface area contributed by atoms with Crippen LogP contribution in [0.1, 0.15) is 36.5 Å². The summed E-state index contributed by atoms with van der Waals surface area (Å²) in [6.07, 6.45) is 4.33. The predicted molar refractivity (Wildman–Crippen MR) is 71.4 cm³/mol. The Hall–Kier alpha value is -1.35. The Morgan fingerprint density at radius 1 is 1.44 bits per heavy atom. The van der Waals surface area contributed by atoms with Crippen LogP contribution >= 0.6 is 0 Å². The molecule has 1 atom stereocenters. The highest BCUT2D eigenvalue weighted by Gasteiger charge is 2.15. The van der Waals surface area contributed by atoms with Gasteiger partial charge in [0.1, 0.15) is 0 Å². The van der Waals surface area contributed by atoms with Gasteiger partial charge in [0, 0.05) is 12.5 Å². The highest BCUT2D eigenvalue weighted by atomic mass is 16.5. The van der Waals surface area contributed by atoms with Gasteiger partial charge in [-0.05, 0) is 49.3 Å². The first-order valence-corrected chi connectivity index (χ1v) is 6.71. The lowest BCUT2D eigenvalue weighted by Gasteiger charge is -2.22. The highest BCUT2D eigenvalue weighted by molar-refractivity contribution is 5.69. The molecule has 0 aliphatic heterocycles. The normalized spacial score (nSPS) is 18.2. The van der Waals surface area contributed by atoms with Gasteiger partial charge in [0.2, 0.25) is 0 Å². The smallest absolute Gasteiger partial charge is 0.306 e. The number of ether oxygens (including phenoxy) is 1. The molecule has 1 aromatic rings. The van der Waals surface area contributed by atoms with Crippen LogP contribution < -0.4 is 5.73 Å². The Bertz CT molecular complexity index is 429. The Kier molecular flexibility index (Phi) is 4.37. The fourth-order valence-electron chi connectivity index (χ4n) is 2.47. The standard InChI is InChI=1S/C15H21NO2/c1-2-18-15(17)8-4-11-3-5-12-6-7-14(16)10-13(12)9-11/h3,5,9,14H,2,4,6-8,10,16H2,1H3. The molecule has 0 saturated carbocycles. The van der Waals surface area contributed by atoms with Crippen molar-refractivity contribution < 1.29 is 9.53 Å². The molecule has 3 nitrogen and oxygen atoms in total.